The number of hydrogen-bond donors (Lipinski definition) is 3. The Morgan fingerprint density at radius 3 is 2.50 bits per heavy atom. The molecule has 132 valence electrons. The van der Waals surface area contributed by atoms with Crippen LogP contribution in [-0.4, -0.2) is 38.0 Å². The molecule has 1 aromatic carbocycles. The van der Waals surface area contributed by atoms with E-state index in [0.717, 1.165) is 12.8 Å². The van der Waals surface area contributed by atoms with Crippen molar-refractivity contribution in [3.8, 4) is 0 Å². The third-order valence-corrected chi connectivity index (χ3v) is 5.31. The van der Waals surface area contributed by atoms with E-state index in [4.69, 9.17) is 5.11 Å². The summed E-state index contributed by atoms with van der Waals surface area (Å²) in [5.41, 5.74) is 0.108. The molecule has 1 saturated carbocycles. The zero-order valence-corrected chi connectivity index (χ0v) is 14.5. The van der Waals surface area contributed by atoms with Gasteiger partial charge >= 0.3 is 5.97 Å². The predicted molar refractivity (Wildman–Crippen MR) is 88.1 cm³/mol. The second kappa shape index (κ2) is 7.31. The molecule has 1 aliphatic carbocycles. The van der Waals surface area contributed by atoms with Crippen molar-refractivity contribution in [2.45, 2.75) is 37.6 Å². The fraction of sp³-hybridized carbons (Fsp3) is 0.500. The maximum Gasteiger partial charge on any atom is 0.326 e. The van der Waals surface area contributed by atoms with Crippen LogP contribution in [0.15, 0.2) is 29.2 Å². The van der Waals surface area contributed by atoms with E-state index in [0.29, 0.717) is 12.5 Å². The van der Waals surface area contributed by atoms with Crippen LogP contribution in [0.3, 0.4) is 0 Å². The Balaban J connectivity index is 2.13. The van der Waals surface area contributed by atoms with E-state index in [1.807, 2.05) is 0 Å². The molecule has 8 heteroatoms. The first kappa shape index (κ1) is 18.4. The second-order valence-corrected chi connectivity index (χ2v) is 8.12. The molecular weight excluding hydrogens is 332 g/mol. The van der Waals surface area contributed by atoms with Crippen molar-refractivity contribution >= 4 is 21.9 Å². The van der Waals surface area contributed by atoms with Crippen molar-refractivity contribution in [1.82, 2.24) is 10.0 Å². The maximum atomic E-state index is 12.2. The van der Waals surface area contributed by atoms with E-state index in [2.05, 4.69) is 10.0 Å². The van der Waals surface area contributed by atoms with Crippen molar-refractivity contribution < 1.29 is 23.1 Å². The Bertz CT molecular complexity index is 726. The van der Waals surface area contributed by atoms with Gasteiger partial charge in [-0.15, -0.1) is 0 Å². The highest BCUT2D eigenvalue weighted by Gasteiger charge is 2.26. The van der Waals surface area contributed by atoms with Gasteiger partial charge in [-0.3, -0.25) is 4.79 Å². The molecule has 24 heavy (non-hydrogen) atoms. The third kappa shape index (κ3) is 4.78. The Hall–Kier alpha value is -1.93. The van der Waals surface area contributed by atoms with Crippen LogP contribution in [0.1, 0.15) is 37.0 Å². The SMILES string of the molecule is CC(C)[C@@H](NC(=O)c1cccc(S(=O)(=O)NCC2CC2)c1)C(=O)O. The zero-order valence-electron chi connectivity index (χ0n) is 13.7. The number of hydrogen-bond acceptors (Lipinski definition) is 4. The molecule has 0 radical (unpaired) electrons. The van der Waals surface area contributed by atoms with Gasteiger partial charge in [0.1, 0.15) is 6.04 Å². The highest BCUT2D eigenvalue weighted by Crippen LogP contribution is 2.28. The van der Waals surface area contributed by atoms with Gasteiger partial charge in [-0.2, -0.15) is 0 Å². The van der Waals surface area contributed by atoms with Crippen LogP contribution in [-0.2, 0) is 14.8 Å². The normalized spacial score (nSPS) is 16.0. The van der Waals surface area contributed by atoms with Crippen LogP contribution in [0.25, 0.3) is 0 Å². The fourth-order valence-electron chi connectivity index (χ4n) is 2.18. The lowest BCUT2D eigenvalue weighted by Crippen LogP contribution is -2.44. The van der Waals surface area contributed by atoms with Gasteiger partial charge in [-0.25, -0.2) is 17.9 Å². The first-order valence-electron chi connectivity index (χ1n) is 7.84. The summed E-state index contributed by atoms with van der Waals surface area (Å²) in [6, 6.07) is 4.54. The molecule has 1 atom stereocenters. The molecular formula is C16H22N2O5S. The minimum atomic E-state index is -3.68. The van der Waals surface area contributed by atoms with E-state index in [9.17, 15) is 18.0 Å². The van der Waals surface area contributed by atoms with Gasteiger partial charge in [0.25, 0.3) is 5.91 Å². The fourth-order valence-corrected chi connectivity index (χ4v) is 3.34. The van der Waals surface area contributed by atoms with Crippen LogP contribution >= 0.6 is 0 Å². The van der Waals surface area contributed by atoms with Gasteiger partial charge < -0.3 is 10.4 Å². The summed E-state index contributed by atoms with van der Waals surface area (Å²) >= 11 is 0. The Morgan fingerprint density at radius 2 is 1.96 bits per heavy atom. The lowest BCUT2D eigenvalue weighted by Gasteiger charge is -2.18. The third-order valence-electron chi connectivity index (χ3n) is 3.88. The van der Waals surface area contributed by atoms with Crippen molar-refractivity contribution in [3.63, 3.8) is 0 Å². The number of sulfonamides is 1. The van der Waals surface area contributed by atoms with Gasteiger partial charge in [-0.05, 0) is 42.9 Å². The Labute approximate surface area is 141 Å². The molecule has 3 N–H and O–H groups in total. The molecule has 0 unspecified atom stereocenters. The Kier molecular flexibility index (Phi) is 5.61. The highest BCUT2D eigenvalue weighted by molar-refractivity contribution is 7.89. The van der Waals surface area contributed by atoms with E-state index in [1.165, 1.54) is 24.3 Å². The summed E-state index contributed by atoms with van der Waals surface area (Å²) in [4.78, 5) is 23.4. The number of rotatable bonds is 8. The average Bonchev–Trinajstić information content (AvgIpc) is 3.34. The van der Waals surface area contributed by atoms with Crippen molar-refractivity contribution in [1.29, 1.82) is 0 Å². The molecule has 1 fully saturated rings. The van der Waals surface area contributed by atoms with Crippen molar-refractivity contribution in [2.75, 3.05) is 6.54 Å². The van der Waals surface area contributed by atoms with E-state index in [-0.39, 0.29) is 16.4 Å². The topological polar surface area (TPSA) is 113 Å². The second-order valence-electron chi connectivity index (χ2n) is 6.36. The molecule has 1 aromatic rings. The molecule has 7 nitrogen and oxygen atoms in total. The lowest BCUT2D eigenvalue weighted by atomic mass is 10.0. The number of amides is 1. The molecule has 0 spiro atoms. The van der Waals surface area contributed by atoms with E-state index < -0.39 is 27.9 Å². The minimum Gasteiger partial charge on any atom is -0.480 e. The molecule has 1 amide bonds. The molecule has 0 aromatic heterocycles. The standard InChI is InChI=1S/C16H22N2O5S/c1-10(2)14(16(20)21)18-15(19)12-4-3-5-13(8-12)24(22,23)17-9-11-6-7-11/h3-5,8,10-11,14,17H,6-7,9H2,1-2H3,(H,18,19)(H,20,21)/t14-/m1/s1. The smallest absolute Gasteiger partial charge is 0.326 e. The summed E-state index contributed by atoms with van der Waals surface area (Å²) in [6.07, 6.45) is 2.05. The number of nitrogens with one attached hydrogen (secondary N) is 2. The van der Waals surface area contributed by atoms with Crippen LogP contribution in [0.2, 0.25) is 0 Å². The van der Waals surface area contributed by atoms with Crippen molar-refractivity contribution in [2.24, 2.45) is 11.8 Å². The molecule has 0 aliphatic heterocycles. The van der Waals surface area contributed by atoms with Gasteiger partial charge in [-0.1, -0.05) is 19.9 Å². The van der Waals surface area contributed by atoms with Crippen LogP contribution in [0.5, 0.6) is 0 Å². The number of aliphatic carboxylic acids is 1. The van der Waals surface area contributed by atoms with Crippen LogP contribution < -0.4 is 10.0 Å². The quantitative estimate of drug-likeness (QED) is 0.650. The van der Waals surface area contributed by atoms with Crippen molar-refractivity contribution in [3.05, 3.63) is 29.8 Å². The average molecular weight is 354 g/mol. The molecule has 1 aliphatic rings. The molecule has 0 heterocycles. The molecule has 0 saturated heterocycles. The first-order chi connectivity index (χ1) is 11.2. The lowest BCUT2D eigenvalue weighted by molar-refractivity contribution is -0.140. The monoisotopic (exact) mass is 354 g/mol. The van der Waals surface area contributed by atoms with Gasteiger partial charge in [0.05, 0.1) is 4.90 Å². The minimum absolute atomic E-state index is 0.00720. The Morgan fingerprint density at radius 1 is 1.29 bits per heavy atom. The van der Waals surface area contributed by atoms with Gasteiger partial charge in [0.15, 0.2) is 0 Å². The largest absolute Gasteiger partial charge is 0.480 e. The van der Waals surface area contributed by atoms with Gasteiger partial charge in [0, 0.05) is 12.1 Å². The summed E-state index contributed by atoms with van der Waals surface area (Å²) in [7, 11) is -3.68. The number of carbonyl (C=O) groups excluding carboxylic acids is 1. The summed E-state index contributed by atoms with van der Waals surface area (Å²) in [6.45, 7) is 3.76. The van der Waals surface area contributed by atoms with Crippen LogP contribution in [0.4, 0.5) is 0 Å². The number of carboxylic acid groups (broad SMARTS) is 1. The number of benzene rings is 1. The van der Waals surface area contributed by atoms with Crippen LogP contribution in [0, 0.1) is 11.8 Å². The van der Waals surface area contributed by atoms with Gasteiger partial charge in [0.2, 0.25) is 10.0 Å². The summed E-state index contributed by atoms with van der Waals surface area (Å²) in [5, 5.41) is 11.5. The number of carboxylic acids is 1. The zero-order chi connectivity index (χ0) is 17.9. The summed E-state index contributed by atoms with van der Waals surface area (Å²) in [5.74, 6) is -1.64. The predicted octanol–water partition coefficient (Wildman–Crippen LogP) is 1.21. The first-order valence-corrected chi connectivity index (χ1v) is 9.32. The van der Waals surface area contributed by atoms with E-state index >= 15 is 0 Å². The van der Waals surface area contributed by atoms with E-state index in [1.54, 1.807) is 13.8 Å². The molecule has 0 bridgehead atoms. The number of carbonyl (C=O) groups is 2. The highest BCUT2D eigenvalue weighted by atomic mass is 32.2. The maximum absolute atomic E-state index is 12.2. The summed E-state index contributed by atoms with van der Waals surface area (Å²) < 4.78 is 27.0. The molecule has 2 rings (SSSR count).